The van der Waals surface area contributed by atoms with Crippen molar-refractivity contribution in [1.29, 1.82) is 0 Å². The van der Waals surface area contributed by atoms with E-state index in [-0.39, 0.29) is 11.9 Å². The second-order valence-electron chi connectivity index (χ2n) is 4.86. The van der Waals surface area contributed by atoms with Crippen molar-refractivity contribution in [3.8, 4) is 11.5 Å². The fourth-order valence-corrected chi connectivity index (χ4v) is 3.39. The van der Waals surface area contributed by atoms with E-state index < -0.39 is 0 Å². The number of benzene rings is 2. The van der Waals surface area contributed by atoms with E-state index in [1.807, 2.05) is 48.5 Å². The van der Waals surface area contributed by atoms with Gasteiger partial charge in [-0.15, -0.1) is 16.4 Å². The summed E-state index contributed by atoms with van der Waals surface area (Å²) in [5.41, 5.74) is 1.55. The van der Waals surface area contributed by atoms with E-state index in [0.29, 0.717) is 10.9 Å². The number of anilines is 1. The fourth-order valence-electron chi connectivity index (χ4n) is 2.13. The number of carbonyl (C=O) groups excluding carboxylic acids is 1. The van der Waals surface area contributed by atoms with Gasteiger partial charge in [-0.1, -0.05) is 39.2 Å². The second-order valence-corrected chi connectivity index (χ2v) is 6.81. The average Bonchev–Trinajstić information content (AvgIpc) is 3.21. The standard InChI is InChI=1S/C16H9BrN4O2S/c17-10-5-3-4-9(8-10)14-20-21-16(23-14)19-13(22)15-18-11-6-1-2-7-12(11)24-15/h1-8H,(H,19,21,22). The zero-order chi connectivity index (χ0) is 16.5. The van der Waals surface area contributed by atoms with Crippen LogP contribution in [0.2, 0.25) is 0 Å². The van der Waals surface area contributed by atoms with Crippen molar-refractivity contribution in [2.75, 3.05) is 5.32 Å². The van der Waals surface area contributed by atoms with E-state index >= 15 is 0 Å². The van der Waals surface area contributed by atoms with Gasteiger partial charge < -0.3 is 4.42 Å². The molecule has 118 valence electrons. The van der Waals surface area contributed by atoms with Crippen molar-refractivity contribution in [1.82, 2.24) is 15.2 Å². The number of thiazole rings is 1. The van der Waals surface area contributed by atoms with Crippen molar-refractivity contribution >= 4 is 49.4 Å². The van der Waals surface area contributed by atoms with Gasteiger partial charge in [0.1, 0.15) is 0 Å². The summed E-state index contributed by atoms with van der Waals surface area (Å²) in [6.45, 7) is 0. The predicted molar refractivity (Wildman–Crippen MR) is 95.0 cm³/mol. The largest absolute Gasteiger partial charge is 0.403 e. The number of hydrogen-bond acceptors (Lipinski definition) is 6. The van der Waals surface area contributed by atoms with Crippen LogP contribution in [0.5, 0.6) is 0 Å². The summed E-state index contributed by atoms with van der Waals surface area (Å²) in [6, 6.07) is 15.1. The number of fused-ring (bicyclic) bond motifs is 1. The maximum atomic E-state index is 12.3. The molecule has 0 fully saturated rings. The van der Waals surface area contributed by atoms with Gasteiger partial charge in [-0.25, -0.2) is 4.98 Å². The molecule has 24 heavy (non-hydrogen) atoms. The van der Waals surface area contributed by atoms with Crippen molar-refractivity contribution in [2.45, 2.75) is 0 Å². The second kappa shape index (κ2) is 6.14. The number of rotatable bonds is 3. The average molecular weight is 401 g/mol. The van der Waals surface area contributed by atoms with E-state index in [1.54, 1.807) is 0 Å². The van der Waals surface area contributed by atoms with Gasteiger partial charge in [-0.05, 0) is 30.3 Å². The number of carbonyl (C=O) groups is 1. The summed E-state index contributed by atoms with van der Waals surface area (Å²) in [5, 5.41) is 10.7. The van der Waals surface area contributed by atoms with Crippen molar-refractivity contribution < 1.29 is 9.21 Å². The van der Waals surface area contributed by atoms with Crippen LogP contribution in [-0.4, -0.2) is 21.1 Å². The van der Waals surface area contributed by atoms with Gasteiger partial charge in [-0.3, -0.25) is 10.1 Å². The van der Waals surface area contributed by atoms with Crippen LogP contribution in [0.4, 0.5) is 6.01 Å². The molecule has 0 saturated carbocycles. The minimum Gasteiger partial charge on any atom is -0.403 e. The zero-order valence-corrected chi connectivity index (χ0v) is 14.5. The Morgan fingerprint density at radius 1 is 1.12 bits per heavy atom. The van der Waals surface area contributed by atoms with Crippen LogP contribution in [0.1, 0.15) is 9.80 Å². The van der Waals surface area contributed by atoms with E-state index in [2.05, 4.69) is 36.4 Å². The van der Waals surface area contributed by atoms with Crippen LogP contribution in [0.25, 0.3) is 21.7 Å². The third-order valence-electron chi connectivity index (χ3n) is 3.21. The van der Waals surface area contributed by atoms with Gasteiger partial charge in [0.05, 0.1) is 10.2 Å². The van der Waals surface area contributed by atoms with Crippen LogP contribution >= 0.6 is 27.3 Å². The lowest BCUT2D eigenvalue weighted by Crippen LogP contribution is -2.11. The van der Waals surface area contributed by atoms with E-state index in [0.717, 1.165) is 20.3 Å². The Morgan fingerprint density at radius 2 is 2.00 bits per heavy atom. The Labute approximate surface area is 148 Å². The summed E-state index contributed by atoms with van der Waals surface area (Å²) in [5.74, 6) is -0.0449. The molecule has 1 amide bonds. The SMILES string of the molecule is O=C(Nc1nnc(-c2cccc(Br)c2)o1)c1nc2ccccc2s1. The highest BCUT2D eigenvalue weighted by atomic mass is 79.9. The topological polar surface area (TPSA) is 80.9 Å². The van der Waals surface area contributed by atoms with Gasteiger partial charge in [0, 0.05) is 10.0 Å². The molecule has 2 aromatic heterocycles. The van der Waals surface area contributed by atoms with E-state index in [1.165, 1.54) is 11.3 Å². The third-order valence-corrected chi connectivity index (χ3v) is 4.73. The van der Waals surface area contributed by atoms with Crippen LogP contribution < -0.4 is 5.32 Å². The highest BCUT2D eigenvalue weighted by Crippen LogP contribution is 2.25. The highest BCUT2D eigenvalue weighted by molar-refractivity contribution is 9.10. The summed E-state index contributed by atoms with van der Waals surface area (Å²) in [7, 11) is 0. The molecular formula is C16H9BrN4O2S. The lowest BCUT2D eigenvalue weighted by Gasteiger charge is -1.96. The number of hydrogen-bond donors (Lipinski definition) is 1. The number of halogens is 1. The van der Waals surface area contributed by atoms with Gasteiger partial charge >= 0.3 is 6.01 Å². The molecule has 0 bridgehead atoms. The zero-order valence-electron chi connectivity index (χ0n) is 12.1. The quantitative estimate of drug-likeness (QED) is 0.552. The summed E-state index contributed by atoms with van der Waals surface area (Å²) >= 11 is 4.70. The first-order chi connectivity index (χ1) is 11.7. The molecular weight excluding hydrogens is 392 g/mol. The van der Waals surface area contributed by atoms with Crippen LogP contribution in [0.15, 0.2) is 57.4 Å². The minimum absolute atomic E-state index is 0.0363. The molecule has 2 aromatic carbocycles. The molecule has 6 nitrogen and oxygen atoms in total. The molecule has 0 spiro atoms. The Morgan fingerprint density at radius 3 is 2.83 bits per heavy atom. The Kier molecular flexibility index (Phi) is 3.83. The van der Waals surface area contributed by atoms with Gasteiger partial charge in [0.25, 0.3) is 5.91 Å². The molecule has 0 aliphatic carbocycles. The summed E-state index contributed by atoms with van der Waals surface area (Å²) in [4.78, 5) is 16.6. The monoisotopic (exact) mass is 400 g/mol. The van der Waals surface area contributed by atoms with Gasteiger partial charge in [0.2, 0.25) is 5.89 Å². The molecule has 4 rings (SSSR count). The maximum absolute atomic E-state index is 12.3. The molecule has 0 aliphatic rings. The fraction of sp³-hybridized carbons (Fsp3) is 0. The highest BCUT2D eigenvalue weighted by Gasteiger charge is 2.16. The molecule has 0 atom stereocenters. The number of amides is 1. The molecule has 1 N–H and O–H groups in total. The number of nitrogens with one attached hydrogen (secondary N) is 1. The van der Waals surface area contributed by atoms with Crippen molar-refractivity contribution in [2.24, 2.45) is 0 Å². The molecule has 8 heteroatoms. The number of para-hydroxylation sites is 1. The molecule has 2 heterocycles. The van der Waals surface area contributed by atoms with E-state index in [9.17, 15) is 4.79 Å². The minimum atomic E-state index is -0.374. The smallest absolute Gasteiger partial charge is 0.322 e. The van der Waals surface area contributed by atoms with Crippen molar-refractivity contribution in [3.63, 3.8) is 0 Å². The normalized spacial score (nSPS) is 10.9. The Bertz CT molecular complexity index is 1010. The molecule has 4 aromatic rings. The molecule has 0 aliphatic heterocycles. The number of nitrogens with zero attached hydrogens (tertiary/aromatic N) is 3. The Hall–Kier alpha value is -2.58. The summed E-state index contributed by atoms with van der Waals surface area (Å²) < 4.78 is 7.34. The number of aromatic nitrogens is 3. The van der Waals surface area contributed by atoms with Crippen LogP contribution in [0, 0.1) is 0 Å². The van der Waals surface area contributed by atoms with Crippen LogP contribution in [0.3, 0.4) is 0 Å². The maximum Gasteiger partial charge on any atom is 0.322 e. The molecule has 0 radical (unpaired) electrons. The Balaban J connectivity index is 1.56. The first kappa shape index (κ1) is 15.0. The van der Waals surface area contributed by atoms with Gasteiger partial charge in [0.15, 0.2) is 5.01 Å². The van der Waals surface area contributed by atoms with Crippen LogP contribution in [-0.2, 0) is 0 Å². The molecule has 0 unspecified atom stereocenters. The van der Waals surface area contributed by atoms with Crippen molar-refractivity contribution in [3.05, 3.63) is 58.0 Å². The van der Waals surface area contributed by atoms with E-state index in [4.69, 9.17) is 4.42 Å². The molecule has 0 saturated heterocycles. The lowest BCUT2D eigenvalue weighted by molar-refractivity contribution is 0.102. The lowest BCUT2D eigenvalue weighted by atomic mass is 10.2. The first-order valence-electron chi connectivity index (χ1n) is 6.95. The third kappa shape index (κ3) is 2.93. The predicted octanol–water partition coefficient (Wildman–Crippen LogP) is 4.36. The van der Waals surface area contributed by atoms with Gasteiger partial charge in [-0.2, -0.15) is 0 Å². The first-order valence-corrected chi connectivity index (χ1v) is 8.56. The summed E-state index contributed by atoms with van der Waals surface area (Å²) in [6.07, 6.45) is 0.